The number of amides is 1. The molecule has 2 aromatic carbocycles. The van der Waals surface area contributed by atoms with E-state index in [1.807, 2.05) is 19.1 Å². The van der Waals surface area contributed by atoms with Crippen molar-refractivity contribution in [3.05, 3.63) is 70.8 Å². The zero-order valence-electron chi connectivity index (χ0n) is 15.6. The van der Waals surface area contributed by atoms with Crippen molar-refractivity contribution in [2.24, 2.45) is 0 Å². The summed E-state index contributed by atoms with van der Waals surface area (Å²) in [5, 5.41) is 11.5. The van der Waals surface area contributed by atoms with Crippen LogP contribution >= 0.6 is 0 Å². The molecule has 1 N–H and O–H groups in total. The van der Waals surface area contributed by atoms with Crippen molar-refractivity contribution in [3.63, 3.8) is 0 Å². The van der Waals surface area contributed by atoms with Gasteiger partial charge in [0, 0.05) is 5.69 Å². The number of carbonyl (C=O) groups excluding carboxylic acids is 2. The van der Waals surface area contributed by atoms with E-state index in [-0.39, 0.29) is 11.3 Å². The number of hydrogen-bond donors (Lipinski definition) is 1. The van der Waals surface area contributed by atoms with Crippen LogP contribution < -0.4 is 5.32 Å². The predicted octanol–water partition coefficient (Wildman–Crippen LogP) is 4.49. The molecule has 0 aliphatic rings. The zero-order valence-corrected chi connectivity index (χ0v) is 15.6. The number of nitrogens with one attached hydrogen (secondary N) is 1. The van der Waals surface area contributed by atoms with Crippen LogP contribution in [0.25, 0.3) is 6.08 Å². The van der Waals surface area contributed by atoms with Crippen molar-refractivity contribution in [1.29, 1.82) is 5.26 Å². The standard InChI is InChI=1S/C21H17F3N2O3/c1-13-3-5-15(6-4-13)11-16(12-25)20(28)29-14(2)19(27)26-18-9-7-17(8-10-18)21(22,23)24/h3-11,14H,1-2H3,(H,26,27)/b16-11+/t14-/m0/s1. The first kappa shape index (κ1) is 21.7. The Morgan fingerprint density at radius 2 is 1.69 bits per heavy atom. The zero-order chi connectivity index (χ0) is 21.6. The largest absolute Gasteiger partial charge is 0.448 e. The highest BCUT2D eigenvalue weighted by Crippen LogP contribution is 2.29. The fourth-order valence-corrected chi connectivity index (χ4v) is 2.23. The van der Waals surface area contributed by atoms with Gasteiger partial charge >= 0.3 is 12.1 Å². The number of alkyl halides is 3. The van der Waals surface area contributed by atoms with E-state index in [1.54, 1.807) is 18.2 Å². The van der Waals surface area contributed by atoms with Gasteiger partial charge in [-0.2, -0.15) is 18.4 Å². The summed E-state index contributed by atoms with van der Waals surface area (Å²) in [5.41, 5.74) is 0.599. The van der Waals surface area contributed by atoms with Gasteiger partial charge in [-0.15, -0.1) is 0 Å². The van der Waals surface area contributed by atoms with Crippen LogP contribution in [0, 0.1) is 18.3 Å². The second kappa shape index (κ2) is 9.06. The number of esters is 1. The Kier molecular flexibility index (Phi) is 6.78. The van der Waals surface area contributed by atoms with E-state index in [2.05, 4.69) is 5.32 Å². The lowest BCUT2D eigenvalue weighted by Gasteiger charge is -2.14. The fourth-order valence-electron chi connectivity index (χ4n) is 2.23. The lowest BCUT2D eigenvalue weighted by molar-refractivity contribution is -0.148. The molecule has 1 amide bonds. The summed E-state index contributed by atoms with van der Waals surface area (Å²) in [4.78, 5) is 24.3. The minimum absolute atomic E-state index is 0.113. The molecular weight excluding hydrogens is 385 g/mol. The molecule has 0 radical (unpaired) electrons. The Morgan fingerprint density at radius 1 is 1.10 bits per heavy atom. The predicted molar refractivity (Wildman–Crippen MR) is 100 cm³/mol. The number of ether oxygens (including phenoxy) is 1. The molecule has 0 aromatic heterocycles. The molecule has 0 heterocycles. The number of aryl methyl sites for hydroxylation is 1. The van der Waals surface area contributed by atoms with Crippen LogP contribution in [-0.4, -0.2) is 18.0 Å². The van der Waals surface area contributed by atoms with Crippen LogP contribution in [0.5, 0.6) is 0 Å². The highest BCUT2D eigenvalue weighted by Gasteiger charge is 2.30. The first-order valence-electron chi connectivity index (χ1n) is 8.47. The molecule has 0 unspecified atom stereocenters. The van der Waals surface area contributed by atoms with E-state index in [0.717, 1.165) is 29.8 Å². The van der Waals surface area contributed by atoms with Crippen LogP contribution in [0.2, 0.25) is 0 Å². The van der Waals surface area contributed by atoms with Gasteiger partial charge in [0.2, 0.25) is 0 Å². The number of benzene rings is 2. The first-order valence-corrected chi connectivity index (χ1v) is 8.47. The molecule has 0 aliphatic carbocycles. The molecule has 0 saturated carbocycles. The van der Waals surface area contributed by atoms with Gasteiger partial charge in [0.1, 0.15) is 11.6 Å². The molecular formula is C21H17F3N2O3. The van der Waals surface area contributed by atoms with E-state index in [0.29, 0.717) is 5.56 Å². The summed E-state index contributed by atoms with van der Waals surface area (Å²) >= 11 is 0. The Hall–Kier alpha value is -3.60. The Labute approximate surface area is 165 Å². The lowest BCUT2D eigenvalue weighted by Crippen LogP contribution is -2.30. The molecule has 1 atom stereocenters. The number of carbonyl (C=O) groups is 2. The number of anilines is 1. The minimum atomic E-state index is -4.48. The third kappa shape index (κ3) is 6.21. The average Bonchev–Trinajstić information content (AvgIpc) is 2.67. The van der Waals surface area contributed by atoms with Crippen molar-refractivity contribution in [1.82, 2.24) is 0 Å². The molecule has 0 saturated heterocycles. The summed E-state index contributed by atoms with van der Waals surface area (Å²) < 4.78 is 42.7. The SMILES string of the molecule is Cc1ccc(/C=C(\C#N)C(=O)O[C@@H](C)C(=O)Nc2ccc(C(F)(F)F)cc2)cc1. The van der Waals surface area contributed by atoms with Crippen molar-refractivity contribution >= 4 is 23.6 Å². The topological polar surface area (TPSA) is 79.2 Å². The maximum Gasteiger partial charge on any atom is 0.416 e. The molecule has 5 nitrogen and oxygen atoms in total. The van der Waals surface area contributed by atoms with Gasteiger partial charge in [0.05, 0.1) is 5.56 Å². The normalized spacial score (nSPS) is 12.6. The van der Waals surface area contributed by atoms with Crippen molar-refractivity contribution in [2.45, 2.75) is 26.1 Å². The molecule has 0 fully saturated rings. The molecule has 2 aromatic rings. The summed E-state index contributed by atoms with van der Waals surface area (Å²) in [6, 6.07) is 12.6. The molecule has 0 aliphatic heterocycles. The Bertz CT molecular complexity index is 957. The van der Waals surface area contributed by atoms with Crippen LogP contribution in [0.4, 0.5) is 18.9 Å². The average molecular weight is 402 g/mol. The Balaban J connectivity index is 2.01. The second-order valence-electron chi connectivity index (χ2n) is 6.19. The fraction of sp³-hybridized carbons (Fsp3) is 0.190. The molecule has 8 heteroatoms. The third-order valence-electron chi connectivity index (χ3n) is 3.86. The van der Waals surface area contributed by atoms with Crippen LogP contribution in [0.15, 0.2) is 54.1 Å². The third-order valence-corrected chi connectivity index (χ3v) is 3.86. The van der Waals surface area contributed by atoms with Gasteiger partial charge < -0.3 is 10.1 Å². The van der Waals surface area contributed by atoms with Gasteiger partial charge in [0.15, 0.2) is 6.10 Å². The van der Waals surface area contributed by atoms with Crippen LogP contribution in [-0.2, 0) is 20.5 Å². The molecule has 0 bridgehead atoms. The van der Waals surface area contributed by atoms with Crippen molar-refractivity contribution in [2.75, 3.05) is 5.32 Å². The van der Waals surface area contributed by atoms with Crippen molar-refractivity contribution < 1.29 is 27.5 Å². The van der Waals surface area contributed by atoms with Gasteiger partial charge in [-0.05, 0) is 49.8 Å². The molecule has 150 valence electrons. The lowest BCUT2D eigenvalue weighted by atomic mass is 10.1. The van der Waals surface area contributed by atoms with Crippen LogP contribution in [0.1, 0.15) is 23.6 Å². The number of rotatable bonds is 5. The number of halogens is 3. The quantitative estimate of drug-likeness (QED) is 0.454. The smallest absolute Gasteiger partial charge is 0.416 e. The van der Waals surface area contributed by atoms with Crippen LogP contribution in [0.3, 0.4) is 0 Å². The summed E-state index contributed by atoms with van der Waals surface area (Å²) in [5.74, 6) is -1.73. The maximum atomic E-state index is 12.6. The monoisotopic (exact) mass is 402 g/mol. The van der Waals surface area contributed by atoms with Gasteiger partial charge in [-0.25, -0.2) is 4.79 Å². The summed E-state index contributed by atoms with van der Waals surface area (Å²) in [6.45, 7) is 3.18. The highest BCUT2D eigenvalue weighted by atomic mass is 19.4. The first-order chi connectivity index (χ1) is 13.6. The van der Waals surface area contributed by atoms with Gasteiger partial charge in [-0.3, -0.25) is 4.79 Å². The van der Waals surface area contributed by atoms with E-state index >= 15 is 0 Å². The molecule has 2 rings (SSSR count). The number of nitriles is 1. The number of hydrogen-bond acceptors (Lipinski definition) is 4. The Morgan fingerprint density at radius 3 is 2.21 bits per heavy atom. The maximum absolute atomic E-state index is 12.6. The van der Waals surface area contributed by atoms with Gasteiger partial charge in [-0.1, -0.05) is 29.8 Å². The van der Waals surface area contributed by atoms with E-state index in [9.17, 15) is 28.0 Å². The summed E-state index contributed by atoms with van der Waals surface area (Å²) in [7, 11) is 0. The van der Waals surface area contributed by atoms with Gasteiger partial charge in [0.25, 0.3) is 5.91 Å². The summed E-state index contributed by atoms with van der Waals surface area (Å²) in [6.07, 6.45) is -4.41. The van der Waals surface area contributed by atoms with E-state index < -0.39 is 29.7 Å². The van der Waals surface area contributed by atoms with E-state index in [1.165, 1.54) is 13.0 Å². The van der Waals surface area contributed by atoms with E-state index in [4.69, 9.17) is 4.74 Å². The molecule has 29 heavy (non-hydrogen) atoms. The highest BCUT2D eigenvalue weighted by molar-refractivity contribution is 6.01. The minimum Gasteiger partial charge on any atom is -0.448 e. The number of nitrogens with zero attached hydrogens (tertiary/aromatic N) is 1. The second-order valence-corrected chi connectivity index (χ2v) is 6.19. The molecule has 0 spiro atoms. The van der Waals surface area contributed by atoms with Crippen molar-refractivity contribution in [3.8, 4) is 6.07 Å².